The molecule has 3 nitrogen and oxygen atoms in total. The van der Waals surface area contributed by atoms with Gasteiger partial charge >= 0.3 is 0 Å². The smallest absolute Gasteiger partial charge is 0.255 e. The van der Waals surface area contributed by atoms with Gasteiger partial charge in [-0.25, -0.2) is 0 Å². The number of rotatable bonds is 5. The van der Waals surface area contributed by atoms with Crippen LogP contribution in [0.3, 0.4) is 0 Å². The second-order valence-corrected chi connectivity index (χ2v) is 9.80. The number of allylic oxidation sites excluding steroid dienone is 1. The van der Waals surface area contributed by atoms with E-state index in [1.807, 2.05) is 18.2 Å². The number of nitrogens with zero attached hydrogens (tertiary/aromatic N) is 1. The minimum Gasteiger partial charge on any atom is -0.322 e. The average Bonchev–Trinajstić information content (AvgIpc) is 2.68. The number of carbonyl (C=O) groups excluding carboxylic acids is 1. The second kappa shape index (κ2) is 9.30. The highest BCUT2D eigenvalue weighted by atomic mass is 16.1. The Morgan fingerprint density at radius 2 is 1.90 bits per heavy atom. The van der Waals surface area contributed by atoms with E-state index in [9.17, 15) is 4.79 Å². The molecule has 2 aliphatic rings. The highest BCUT2D eigenvalue weighted by Crippen LogP contribution is 2.33. The van der Waals surface area contributed by atoms with Crippen LogP contribution in [0.5, 0.6) is 0 Å². The minimum atomic E-state index is -0.0101. The summed E-state index contributed by atoms with van der Waals surface area (Å²) in [7, 11) is 0. The van der Waals surface area contributed by atoms with Crippen LogP contribution in [0.1, 0.15) is 65.9 Å². The topological polar surface area (TPSA) is 32.3 Å². The molecule has 0 radical (unpaired) electrons. The van der Waals surface area contributed by atoms with E-state index in [1.54, 1.807) is 0 Å². The van der Waals surface area contributed by atoms with Crippen LogP contribution in [0, 0.1) is 11.8 Å². The summed E-state index contributed by atoms with van der Waals surface area (Å²) in [6, 6.07) is 8.82. The summed E-state index contributed by atoms with van der Waals surface area (Å²) in [4.78, 5) is 15.5. The lowest BCUT2D eigenvalue weighted by Crippen LogP contribution is -2.46. The summed E-state index contributed by atoms with van der Waals surface area (Å²) in [6.07, 6.45) is 11.6. The maximum atomic E-state index is 12.8. The Balaban J connectivity index is 1.64. The van der Waals surface area contributed by atoms with Crippen LogP contribution in [0.2, 0.25) is 0 Å². The van der Waals surface area contributed by atoms with Gasteiger partial charge in [0.2, 0.25) is 0 Å². The first-order chi connectivity index (χ1) is 13.8. The number of nitrogens with one attached hydrogen (secondary N) is 1. The molecule has 0 aromatic heterocycles. The zero-order valence-electron chi connectivity index (χ0n) is 18.9. The van der Waals surface area contributed by atoms with E-state index in [-0.39, 0.29) is 11.3 Å². The normalized spacial score (nSPS) is 25.6. The van der Waals surface area contributed by atoms with E-state index in [2.05, 4.69) is 69.1 Å². The molecule has 158 valence electrons. The summed E-state index contributed by atoms with van der Waals surface area (Å²) in [6.45, 7) is 13.5. The Labute approximate surface area is 177 Å². The molecule has 0 spiro atoms. The van der Waals surface area contributed by atoms with E-state index in [1.165, 1.54) is 44.3 Å². The third-order valence-corrected chi connectivity index (χ3v) is 6.44. The number of hydrogen-bond donors (Lipinski definition) is 1. The van der Waals surface area contributed by atoms with Crippen LogP contribution < -0.4 is 5.32 Å². The summed E-state index contributed by atoms with van der Waals surface area (Å²) >= 11 is 0. The first-order valence-corrected chi connectivity index (χ1v) is 11.4. The maximum absolute atomic E-state index is 12.8. The van der Waals surface area contributed by atoms with Crippen LogP contribution in [0.15, 0.2) is 48.1 Å². The van der Waals surface area contributed by atoms with Crippen molar-refractivity contribution in [3.05, 3.63) is 53.6 Å². The third kappa shape index (κ3) is 5.39. The van der Waals surface area contributed by atoms with E-state index < -0.39 is 0 Å². The predicted octanol–water partition coefficient (Wildman–Crippen LogP) is 5.94. The van der Waals surface area contributed by atoms with E-state index in [0.717, 1.165) is 11.3 Å². The standard InChI is InChI=1S/C26H38N2O/c1-6-16-28-17-8-7-9-24(28)23-15-10-20(18-19(23)2)25(29)27-22-13-11-21(12-14-22)26(3,4)5/h10-15,18-19,23-24H,6-9,16-17H2,1-5H3,(H,27,29). The van der Waals surface area contributed by atoms with Gasteiger partial charge in [-0.1, -0.05) is 71.4 Å². The zero-order chi connectivity index (χ0) is 21.0. The van der Waals surface area contributed by atoms with Gasteiger partial charge in [-0.2, -0.15) is 0 Å². The van der Waals surface area contributed by atoms with Crippen LogP contribution in [-0.4, -0.2) is 29.9 Å². The van der Waals surface area contributed by atoms with Crippen LogP contribution in [0.4, 0.5) is 5.69 Å². The Morgan fingerprint density at radius 1 is 1.17 bits per heavy atom. The highest BCUT2D eigenvalue weighted by Gasteiger charge is 2.32. The molecule has 0 saturated carbocycles. The maximum Gasteiger partial charge on any atom is 0.255 e. The number of carbonyl (C=O) groups is 1. The molecular weight excluding hydrogens is 356 g/mol. The van der Waals surface area contributed by atoms with Crippen molar-refractivity contribution in [3.8, 4) is 0 Å². The number of anilines is 1. The Hall–Kier alpha value is -1.87. The van der Waals surface area contributed by atoms with Crippen molar-refractivity contribution < 1.29 is 4.79 Å². The quantitative estimate of drug-likeness (QED) is 0.671. The summed E-state index contributed by atoms with van der Waals surface area (Å²) < 4.78 is 0. The van der Waals surface area contributed by atoms with E-state index >= 15 is 0 Å². The number of hydrogen-bond acceptors (Lipinski definition) is 2. The molecule has 3 unspecified atom stereocenters. The van der Waals surface area contributed by atoms with Crippen molar-refractivity contribution in [1.82, 2.24) is 4.90 Å². The van der Waals surface area contributed by atoms with Crippen molar-refractivity contribution in [2.75, 3.05) is 18.4 Å². The minimum absolute atomic E-state index is 0.0101. The van der Waals surface area contributed by atoms with E-state index in [4.69, 9.17) is 0 Å². The molecular formula is C26H38N2O. The van der Waals surface area contributed by atoms with Crippen molar-refractivity contribution in [2.24, 2.45) is 11.8 Å². The fraction of sp³-hybridized carbons (Fsp3) is 0.577. The molecule has 1 saturated heterocycles. The van der Waals surface area contributed by atoms with Crippen LogP contribution in [0.25, 0.3) is 0 Å². The van der Waals surface area contributed by atoms with Gasteiger partial charge in [0.1, 0.15) is 0 Å². The van der Waals surface area contributed by atoms with Crippen molar-refractivity contribution in [3.63, 3.8) is 0 Å². The van der Waals surface area contributed by atoms with Gasteiger partial charge in [-0.15, -0.1) is 0 Å². The van der Waals surface area contributed by atoms with Gasteiger partial charge in [0.05, 0.1) is 0 Å². The van der Waals surface area contributed by atoms with Crippen molar-refractivity contribution >= 4 is 11.6 Å². The predicted molar refractivity (Wildman–Crippen MR) is 123 cm³/mol. The van der Waals surface area contributed by atoms with Crippen molar-refractivity contribution in [2.45, 2.75) is 71.8 Å². The number of piperidine rings is 1. The molecule has 1 aromatic carbocycles. The van der Waals surface area contributed by atoms with Gasteiger partial charge in [-0.3, -0.25) is 9.69 Å². The fourth-order valence-corrected chi connectivity index (χ4v) is 4.74. The Morgan fingerprint density at radius 3 is 2.52 bits per heavy atom. The van der Waals surface area contributed by atoms with Crippen molar-refractivity contribution in [1.29, 1.82) is 0 Å². The highest BCUT2D eigenvalue weighted by molar-refractivity contribution is 6.05. The Kier molecular flexibility index (Phi) is 7.00. The molecule has 1 aromatic rings. The van der Waals surface area contributed by atoms with Crippen LogP contribution in [-0.2, 0) is 10.2 Å². The summed E-state index contributed by atoms with van der Waals surface area (Å²) in [5.74, 6) is 0.875. The molecule has 1 amide bonds. The lowest BCUT2D eigenvalue weighted by molar-refractivity contribution is -0.112. The lowest BCUT2D eigenvalue weighted by Gasteiger charge is -2.42. The van der Waals surface area contributed by atoms with Gasteiger partial charge in [0.25, 0.3) is 5.91 Å². The largest absolute Gasteiger partial charge is 0.322 e. The molecule has 29 heavy (non-hydrogen) atoms. The van der Waals surface area contributed by atoms with Gasteiger partial charge in [0.15, 0.2) is 0 Å². The molecule has 1 aliphatic heterocycles. The Bertz CT molecular complexity index is 752. The van der Waals surface area contributed by atoms with Gasteiger partial charge < -0.3 is 5.32 Å². The van der Waals surface area contributed by atoms with Crippen LogP contribution >= 0.6 is 0 Å². The second-order valence-electron chi connectivity index (χ2n) is 9.80. The summed E-state index contributed by atoms with van der Waals surface area (Å²) in [5.41, 5.74) is 3.03. The fourth-order valence-electron chi connectivity index (χ4n) is 4.74. The molecule has 3 atom stereocenters. The molecule has 3 rings (SSSR count). The van der Waals surface area contributed by atoms with E-state index in [0.29, 0.717) is 17.9 Å². The molecule has 1 N–H and O–H groups in total. The molecule has 1 fully saturated rings. The monoisotopic (exact) mass is 394 g/mol. The molecule has 3 heteroatoms. The number of amides is 1. The molecule has 1 aliphatic carbocycles. The van der Waals surface area contributed by atoms with Gasteiger partial charge in [-0.05, 0) is 67.3 Å². The first kappa shape index (κ1) is 21.8. The average molecular weight is 395 g/mol. The zero-order valence-corrected chi connectivity index (χ0v) is 18.9. The SMILES string of the molecule is CCCN1CCCCC1C1C=CC(C(=O)Nc2ccc(C(C)(C)C)cc2)=CC1C. The molecule has 1 heterocycles. The third-order valence-electron chi connectivity index (χ3n) is 6.44. The first-order valence-electron chi connectivity index (χ1n) is 11.4. The van der Waals surface area contributed by atoms with Gasteiger partial charge in [0, 0.05) is 17.3 Å². The molecule has 0 bridgehead atoms. The lowest BCUT2D eigenvalue weighted by atomic mass is 9.78. The summed E-state index contributed by atoms with van der Waals surface area (Å²) in [5, 5.41) is 3.07. The number of benzene rings is 1. The number of likely N-dealkylation sites (tertiary alicyclic amines) is 1.